The number of carbonyl (C=O) groups is 3. The van der Waals surface area contributed by atoms with Crippen LogP contribution in [0, 0.1) is 5.41 Å². The van der Waals surface area contributed by atoms with Crippen molar-refractivity contribution in [1.82, 2.24) is 16.0 Å². The molecule has 5 N–H and O–H groups in total. The first-order valence-corrected chi connectivity index (χ1v) is 7.93. The Morgan fingerprint density at radius 3 is 2.22 bits per heavy atom. The lowest BCUT2D eigenvalue weighted by Crippen LogP contribution is -2.46. The fourth-order valence-corrected chi connectivity index (χ4v) is 1.86. The van der Waals surface area contributed by atoms with E-state index in [0.717, 1.165) is 5.56 Å². The maximum absolute atomic E-state index is 12.0. The molecule has 1 aromatic rings. The van der Waals surface area contributed by atoms with Crippen LogP contribution in [0.15, 0.2) is 24.3 Å². The van der Waals surface area contributed by atoms with Gasteiger partial charge in [-0.2, -0.15) is 0 Å². The summed E-state index contributed by atoms with van der Waals surface area (Å²) in [6.07, 6.45) is -1.98. The van der Waals surface area contributed by atoms with Gasteiger partial charge in [0.1, 0.15) is 17.5 Å². The molecule has 1 rings (SSSR count). The number of nitrogens with one attached hydrogen (secondary N) is 4. The number of rotatable bonds is 5. The Morgan fingerprint density at radius 2 is 1.74 bits per heavy atom. The number of hydrogen-bond acceptors (Lipinski definition) is 5. The van der Waals surface area contributed by atoms with Gasteiger partial charge in [-0.15, -0.1) is 12.4 Å². The molecule has 1 atom stereocenters. The highest BCUT2D eigenvalue weighted by Gasteiger charge is 2.20. The van der Waals surface area contributed by atoms with Gasteiger partial charge in [0.05, 0.1) is 0 Å². The molecule has 1 aromatic carbocycles. The number of ether oxygens (including phenoxy) is 1. The van der Waals surface area contributed by atoms with Gasteiger partial charge in [-0.3, -0.25) is 15.5 Å². The van der Waals surface area contributed by atoms with Gasteiger partial charge in [0, 0.05) is 12.1 Å². The van der Waals surface area contributed by atoms with E-state index in [0.29, 0.717) is 5.56 Å². The minimum atomic E-state index is -1.31. The smallest absolute Gasteiger partial charge is 0.410 e. The standard InChI is InChI=1S/C17H24N4O5.ClH/c1-10(20-16(25)26-17(2,3)4)14(22)19-9-11-5-7-12(8-6-11)13(18)21-15(23)24;/h5-8,10H,9H2,1-4H3,(H2,18,21)(H,19,22)(H,20,25)(H,23,24);1H/t10-;/m0./s1. The van der Waals surface area contributed by atoms with E-state index in [1.807, 2.05) is 5.32 Å². The third kappa shape index (κ3) is 9.45. The van der Waals surface area contributed by atoms with Crippen LogP contribution in [0.4, 0.5) is 9.59 Å². The van der Waals surface area contributed by atoms with Crippen molar-refractivity contribution in [3.63, 3.8) is 0 Å². The number of halogens is 1. The van der Waals surface area contributed by atoms with Crippen LogP contribution >= 0.6 is 12.4 Å². The maximum atomic E-state index is 12.0. The Labute approximate surface area is 163 Å². The van der Waals surface area contributed by atoms with Crippen LogP contribution in [0.1, 0.15) is 38.8 Å². The first-order valence-electron chi connectivity index (χ1n) is 7.93. The van der Waals surface area contributed by atoms with Crippen LogP contribution in [0.2, 0.25) is 0 Å². The zero-order valence-corrected chi connectivity index (χ0v) is 16.4. The molecule has 0 aliphatic rings. The summed E-state index contributed by atoms with van der Waals surface area (Å²) >= 11 is 0. The summed E-state index contributed by atoms with van der Waals surface area (Å²) in [6, 6.07) is 5.71. The highest BCUT2D eigenvalue weighted by Crippen LogP contribution is 2.07. The summed E-state index contributed by atoms with van der Waals surface area (Å²) in [5.74, 6) is -0.608. The largest absolute Gasteiger partial charge is 0.465 e. The van der Waals surface area contributed by atoms with Gasteiger partial charge in [0.15, 0.2) is 0 Å². The number of benzene rings is 1. The van der Waals surface area contributed by atoms with E-state index < -0.39 is 23.8 Å². The lowest BCUT2D eigenvalue weighted by Gasteiger charge is -2.21. The molecule has 0 radical (unpaired) electrons. The van der Waals surface area contributed by atoms with E-state index in [2.05, 4.69) is 10.6 Å². The molecule has 3 amide bonds. The zero-order valence-electron chi connectivity index (χ0n) is 15.6. The van der Waals surface area contributed by atoms with Crippen LogP contribution in [0.5, 0.6) is 0 Å². The van der Waals surface area contributed by atoms with Crippen molar-refractivity contribution in [2.45, 2.75) is 45.9 Å². The Balaban J connectivity index is 0.00000676. The summed E-state index contributed by atoms with van der Waals surface area (Å²) in [4.78, 5) is 34.2. The van der Waals surface area contributed by atoms with Crippen molar-refractivity contribution in [3.8, 4) is 0 Å². The van der Waals surface area contributed by atoms with Crippen molar-refractivity contribution in [2.75, 3.05) is 0 Å². The topological polar surface area (TPSA) is 141 Å². The molecule has 0 heterocycles. The zero-order chi connectivity index (χ0) is 19.9. The Hall–Kier alpha value is -2.81. The average molecular weight is 401 g/mol. The van der Waals surface area contributed by atoms with Crippen LogP contribution in [-0.4, -0.2) is 40.7 Å². The second-order valence-electron chi connectivity index (χ2n) is 6.59. The van der Waals surface area contributed by atoms with E-state index in [1.54, 1.807) is 52.0 Å². The number of carbonyl (C=O) groups excluding carboxylic acids is 2. The molecular formula is C17H25ClN4O5. The normalized spacial score (nSPS) is 11.4. The summed E-state index contributed by atoms with van der Waals surface area (Å²) in [7, 11) is 0. The summed E-state index contributed by atoms with van der Waals surface area (Å²) in [5.41, 5.74) is 0.516. The molecule has 0 spiro atoms. The summed E-state index contributed by atoms with van der Waals surface area (Å²) in [6.45, 7) is 6.95. The molecule has 0 bridgehead atoms. The van der Waals surface area contributed by atoms with Gasteiger partial charge < -0.3 is 20.5 Å². The Kier molecular flexibility index (Phi) is 9.29. The molecule has 0 saturated heterocycles. The Bertz CT molecular complexity index is 686. The second-order valence-corrected chi connectivity index (χ2v) is 6.59. The number of amides is 3. The molecule has 0 aliphatic heterocycles. The van der Waals surface area contributed by atoms with Gasteiger partial charge in [-0.1, -0.05) is 24.3 Å². The third-order valence-corrected chi connectivity index (χ3v) is 3.07. The molecule has 0 saturated carbocycles. The van der Waals surface area contributed by atoms with Gasteiger partial charge in [-0.25, -0.2) is 9.59 Å². The van der Waals surface area contributed by atoms with Crippen LogP contribution in [0.3, 0.4) is 0 Å². The monoisotopic (exact) mass is 400 g/mol. The Morgan fingerprint density at radius 1 is 1.19 bits per heavy atom. The van der Waals surface area contributed by atoms with Crippen molar-refractivity contribution in [3.05, 3.63) is 35.4 Å². The summed E-state index contributed by atoms with van der Waals surface area (Å²) in [5, 5.41) is 23.2. The van der Waals surface area contributed by atoms with Crippen LogP contribution in [-0.2, 0) is 16.1 Å². The molecule has 0 aliphatic carbocycles. The van der Waals surface area contributed by atoms with Gasteiger partial charge in [0.25, 0.3) is 0 Å². The fraction of sp³-hybridized carbons (Fsp3) is 0.412. The molecule has 9 nitrogen and oxygen atoms in total. The predicted molar refractivity (Wildman–Crippen MR) is 102 cm³/mol. The number of alkyl carbamates (subject to hydrolysis) is 1. The minimum Gasteiger partial charge on any atom is -0.465 e. The van der Waals surface area contributed by atoms with Crippen molar-refractivity contribution >= 4 is 36.3 Å². The highest BCUT2D eigenvalue weighted by atomic mass is 35.5. The average Bonchev–Trinajstić information content (AvgIpc) is 2.50. The number of hydrogen-bond donors (Lipinski definition) is 5. The minimum absolute atomic E-state index is 0. The molecular weight excluding hydrogens is 376 g/mol. The molecule has 0 fully saturated rings. The second kappa shape index (κ2) is 10.4. The van der Waals surface area contributed by atoms with Gasteiger partial charge >= 0.3 is 12.2 Å². The quantitative estimate of drug-likeness (QED) is 0.380. The number of carboxylic acid groups (broad SMARTS) is 1. The van der Waals surface area contributed by atoms with Crippen molar-refractivity contribution in [2.24, 2.45) is 0 Å². The maximum Gasteiger partial charge on any atom is 0.410 e. The van der Waals surface area contributed by atoms with E-state index in [1.165, 1.54) is 0 Å². The number of amidine groups is 1. The molecule has 0 aromatic heterocycles. The van der Waals surface area contributed by atoms with E-state index in [9.17, 15) is 14.4 Å². The molecule has 150 valence electrons. The predicted octanol–water partition coefficient (Wildman–Crippen LogP) is 2.23. The van der Waals surface area contributed by atoms with Crippen LogP contribution < -0.4 is 16.0 Å². The lowest BCUT2D eigenvalue weighted by molar-refractivity contribution is -0.122. The van der Waals surface area contributed by atoms with E-state index in [-0.39, 0.29) is 30.7 Å². The van der Waals surface area contributed by atoms with Gasteiger partial charge in [-0.05, 0) is 33.3 Å². The van der Waals surface area contributed by atoms with Crippen molar-refractivity contribution < 1.29 is 24.2 Å². The van der Waals surface area contributed by atoms with Crippen LogP contribution in [0.25, 0.3) is 0 Å². The molecule has 0 unspecified atom stereocenters. The first-order chi connectivity index (χ1) is 12.0. The van der Waals surface area contributed by atoms with E-state index in [4.69, 9.17) is 15.3 Å². The lowest BCUT2D eigenvalue weighted by atomic mass is 10.1. The van der Waals surface area contributed by atoms with E-state index >= 15 is 0 Å². The molecule has 27 heavy (non-hydrogen) atoms. The summed E-state index contributed by atoms with van der Waals surface area (Å²) < 4.78 is 5.09. The molecule has 10 heteroatoms. The van der Waals surface area contributed by atoms with Gasteiger partial charge in [0.2, 0.25) is 5.91 Å². The highest BCUT2D eigenvalue weighted by molar-refractivity contribution is 6.04. The fourth-order valence-electron chi connectivity index (χ4n) is 1.86. The SMILES string of the molecule is C[C@H](NC(=O)OC(C)(C)C)C(=O)NCc1ccc(C(=N)NC(=O)O)cc1.Cl. The first kappa shape index (κ1) is 24.2. The third-order valence-electron chi connectivity index (χ3n) is 3.07. The van der Waals surface area contributed by atoms with Crippen molar-refractivity contribution in [1.29, 1.82) is 5.41 Å².